The maximum atomic E-state index is 6.76. The zero-order chi connectivity index (χ0) is 29.2. The summed E-state index contributed by atoms with van der Waals surface area (Å²) >= 11 is 0. The van der Waals surface area contributed by atoms with E-state index in [1.54, 1.807) is 12.7 Å². The van der Waals surface area contributed by atoms with Gasteiger partial charge < -0.3 is 24.3 Å². The summed E-state index contributed by atoms with van der Waals surface area (Å²) in [4.78, 5) is 13.9. The minimum Gasteiger partial charge on any atom is -0.374 e. The van der Waals surface area contributed by atoms with Crippen LogP contribution in [0.5, 0.6) is 0 Å². The predicted molar refractivity (Wildman–Crippen MR) is 162 cm³/mol. The Bertz CT molecular complexity index is 1650. The van der Waals surface area contributed by atoms with Gasteiger partial charge >= 0.3 is 0 Å². The van der Waals surface area contributed by atoms with Crippen molar-refractivity contribution in [2.75, 3.05) is 11.9 Å². The van der Waals surface area contributed by atoms with Crippen LogP contribution in [0, 0.1) is 0 Å². The highest BCUT2D eigenvalue weighted by Gasteiger charge is 2.60. The van der Waals surface area contributed by atoms with Crippen LogP contribution in [0.25, 0.3) is 11.2 Å². The van der Waals surface area contributed by atoms with Gasteiger partial charge in [-0.1, -0.05) is 91.0 Å². The molecule has 1 N–H and O–H groups in total. The molecule has 7 rings (SSSR count). The van der Waals surface area contributed by atoms with Crippen LogP contribution in [0.1, 0.15) is 36.8 Å². The van der Waals surface area contributed by atoms with Crippen molar-refractivity contribution in [3.63, 3.8) is 0 Å². The van der Waals surface area contributed by atoms with E-state index in [1.165, 1.54) is 5.56 Å². The summed E-state index contributed by atoms with van der Waals surface area (Å²) in [6.07, 6.45) is 2.52. The van der Waals surface area contributed by atoms with Crippen molar-refractivity contribution < 1.29 is 18.9 Å². The molecule has 6 atom stereocenters. The van der Waals surface area contributed by atoms with Crippen molar-refractivity contribution >= 4 is 17.0 Å². The highest BCUT2D eigenvalue weighted by atomic mass is 16.8. The number of nitrogens with one attached hydrogen (secondary N) is 1. The molecule has 0 radical (unpaired) electrons. The molecule has 9 nitrogen and oxygen atoms in total. The lowest BCUT2D eigenvalue weighted by atomic mass is 10.0. The van der Waals surface area contributed by atoms with E-state index < -0.39 is 18.1 Å². The summed E-state index contributed by atoms with van der Waals surface area (Å²) in [7, 11) is 0. The summed E-state index contributed by atoms with van der Waals surface area (Å²) in [5.74, 6) is 0.679. The third-order valence-electron chi connectivity index (χ3n) is 8.18. The van der Waals surface area contributed by atoms with Gasteiger partial charge in [-0.3, -0.25) is 4.57 Å². The van der Waals surface area contributed by atoms with Crippen LogP contribution in [0.4, 0.5) is 5.82 Å². The molecule has 2 saturated heterocycles. The molecule has 1 unspecified atom stereocenters. The van der Waals surface area contributed by atoms with Crippen LogP contribution in [-0.4, -0.2) is 50.5 Å². The van der Waals surface area contributed by atoms with Crippen LogP contribution in [0.3, 0.4) is 0 Å². The van der Waals surface area contributed by atoms with Crippen molar-refractivity contribution in [1.82, 2.24) is 19.5 Å². The van der Waals surface area contributed by atoms with E-state index in [9.17, 15) is 0 Å². The third-order valence-corrected chi connectivity index (χ3v) is 8.18. The summed E-state index contributed by atoms with van der Waals surface area (Å²) in [5, 5.41) is 3.53. The van der Waals surface area contributed by atoms with E-state index in [-0.39, 0.29) is 18.2 Å². The van der Waals surface area contributed by atoms with Gasteiger partial charge in [0.1, 0.15) is 24.6 Å². The highest BCUT2D eigenvalue weighted by molar-refractivity contribution is 5.83. The fraction of sp³-hybridized carbons (Fsp3) is 0.324. The number of nitrogens with zero attached hydrogens (tertiary/aromatic N) is 4. The molecule has 2 aliphatic rings. The van der Waals surface area contributed by atoms with Crippen molar-refractivity contribution in [2.45, 2.75) is 63.2 Å². The lowest BCUT2D eigenvalue weighted by molar-refractivity contribution is -0.198. The van der Waals surface area contributed by atoms with Crippen molar-refractivity contribution in [3.05, 3.63) is 120 Å². The Morgan fingerprint density at radius 1 is 0.884 bits per heavy atom. The molecular weight excluding hydrogens is 542 g/mol. The minimum absolute atomic E-state index is 0.137. The quantitative estimate of drug-likeness (QED) is 0.228. The Morgan fingerprint density at radius 2 is 1.58 bits per heavy atom. The van der Waals surface area contributed by atoms with E-state index in [2.05, 4.69) is 46.5 Å². The number of hydrogen-bond acceptors (Lipinski definition) is 8. The van der Waals surface area contributed by atoms with Crippen molar-refractivity contribution in [1.29, 1.82) is 0 Å². The minimum atomic E-state index is -0.953. The van der Waals surface area contributed by atoms with E-state index in [0.29, 0.717) is 30.2 Å². The van der Waals surface area contributed by atoms with Gasteiger partial charge in [-0.2, -0.15) is 0 Å². The second-order valence-corrected chi connectivity index (χ2v) is 11.4. The second-order valence-electron chi connectivity index (χ2n) is 11.4. The number of aromatic nitrogens is 4. The summed E-state index contributed by atoms with van der Waals surface area (Å²) in [6, 6.07) is 30.6. The highest BCUT2D eigenvalue weighted by Crippen LogP contribution is 2.48. The molecule has 0 bridgehead atoms. The molecule has 0 aliphatic carbocycles. The molecule has 2 fully saturated rings. The van der Waals surface area contributed by atoms with Crippen molar-refractivity contribution in [3.8, 4) is 0 Å². The number of fused-ring (bicyclic) bond motifs is 2. The van der Waals surface area contributed by atoms with Gasteiger partial charge in [-0.25, -0.2) is 15.0 Å². The Morgan fingerprint density at radius 3 is 2.33 bits per heavy atom. The number of hydrogen-bond donors (Lipinski definition) is 1. The molecule has 0 amide bonds. The normalized spacial score (nSPS) is 25.5. The van der Waals surface area contributed by atoms with Crippen LogP contribution in [-0.2, 0) is 37.7 Å². The summed E-state index contributed by atoms with van der Waals surface area (Å²) in [5.41, 5.74) is 3.69. The molecule has 2 aromatic heterocycles. The zero-order valence-electron chi connectivity index (χ0n) is 24.2. The largest absolute Gasteiger partial charge is 0.374 e. The molecule has 0 spiro atoms. The number of anilines is 1. The zero-order valence-corrected chi connectivity index (χ0v) is 24.2. The fourth-order valence-corrected chi connectivity index (χ4v) is 6.09. The first kappa shape index (κ1) is 27.7. The van der Waals surface area contributed by atoms with Crippen LogP contribution in [0.2, 0.25) is 0 Å². The SMILES string of the molecule is C[C@@H](Cc1ccccc1)Nc1ncnc2c1ncn2[C@@]1(C)O[C@H](COCc2ccccc2)[C@H]2OC(c3ccccc3)O[C@H]21. The van der Waals surface area contributed by atoms with Gasteiger partial charge in [0, 0.05) is 11.6 Å². The molecule has 4 heterocycles. The Balaban J connectivity index is 1.16. The van der Waals surface area contributed by atoms with Gasteiger partial charge in [0.2, 0.25) is 0 Å². The number of imidazole rings is 1. The standard InChI is InChI=1S/C34H35N5O4/c1-23(18-24-12-6-3-7-13-24)38-31-28-32(36-21-35-31)39(22-37-28)34(2)30-29(41-33(42-30)26-16-10-5-11-17-26)27(43-34)20-40-19-25-14-8-4-9-15-25/h3-17,21-23,27,29-30,33H,18-20H2,1-2H3,(H,35,36,38)/t23-,27+,29+,30+,33?,34-/m0/s1. The van der Waals surface area contributed by atoms with E-state index in [0.717, 1.165) is 17.5 Å². The third kappa shape index (κ3) is 5.52. The van der Waals surface area contributed by atoms with Crippen LogP contribution >= 0.6 is 0 Å². The maximum Gasteiger partial charge on any atom is 0.185 e. The number of benzene rings is 3. The van der Waals surface area contributed by atoms with Crippen LogP contribution < -0.4 is 5.32 Å². The molecule has 43 heavy (non-hydrogen) atoms. The second kappa shape index (κ2) is 11.9. The monoisotopic (exact) mass is 577 g/mol. The number of rotatable bonds is 10. The average Bonchev–Trinajstić information content (AvgIpc) is 3.74. The predicted octanol–water partition coefficient (Wildman–Crippen LogP) is 5.64. The topological polar surface area (TPSA) is 92.6 Å². The Kier molecular flexibility index (Phi) is 7.63. The molecule has 2 aliphatic heterocycles. The van der Waals surface area contributed by atoms with Gasteiger partial charge in [-0.05, 0) is 31.4 Å². The Labute approximate surface area is 250 Å². The van der Waals surface area contributed by atoms with Crippen LogP contribution in [0.15, 0.2) is 104 Å². The first-order valence-electron chi connectivity index (χ1n) is 14.7. The smallest absolute Gasteiger partial charge is 0.185 e. The number of ether oxygens (including phenoxy) is 4. The van der Waals surface area contributed by atoms with Gasteiger partial charge in [-0.15, -0.1) is 0 Å². The molecule has 0 saturated carbocycles. The molecule has 5 aromatic rings. The van der Waals surface area contributed by atoms with Gasteiger partial charge in [0.15, 0.2) is 29.0 Å². The maximum absolute atomic E-state index is 6.76. The van der Waals surface area contributed by atoms with Crippen molar-refractivity contribution in [2.24, 2.45) is 0 Å². The summed E-state index contributed by atoms with van der Waals surface area (Å²) in [6.45, 7) is 4.97. The summed E-state index contributed by atoms with van der Waals surface area (Å²) < 4.78 is 28.0. The van der Waals surface area contributed by atoms with E-state index >= 15 is 0 Å². The Hall–Kier alpha value is -4.15. The van der Waals surface area contributed by atoms with E-state index in [4.69, 9.17) is 23.9 Å². The lowest BCUT2D eigenvalue weighted by Crippen LogP contribution is -2.42. The lowest BCUT2D eigenvalue weighted by Gasteiger charge is -2.31. The van der Waals surface area contributed by atoms with Gasteiger partial charge in [0.25, 0.3) is 0 Å². The molecular formula is C34H35N5O4. The average molecular weight is 578 g/mol. The molecule has 220 valence electrons. The van der Waals surface area contributed by atoms with Gasteiger partial charge in [0.05, 0.1) is 19.5 Å². The molecule has 3 aromatic carbocycles. The van der Waals surface area contributed by atoms with E-state index in [1.807, 2.05) is 78.2 Å². The molecule has 9 heteroatoms. The first-order valence-corrected chi connectivity index (χ1v) is 14.7. The fourth-order valence-electron chi connectivity index (χ4n) is 6.09. The first-order chi connectivity index (χ1) is 21.1.